The summed E-state index contributed by atoms with van der Waals surface area (Å²) in [4.78, 5) is 0. The molecule has 0 amide bonds. The van der Waals surface area contributed by atoms with E-state index < -0.39 is 0 Å². The molecule has 0 aliphatic heterocycles. The number of benzene rings is 1. The van der Waals surface area contributed by atoms with Crippen LogP contribution >= 0.6 is 11.6 Å². The Kier molecular flexibility index (Phi) is 3.23. The Bertz CT molecular complexity index is 442. The van der Waals surface area contributed by atoms with Gasteiger partial charge in [0.1, 0.15) is 0 Å². The molecule has 0 unspecified atom stereocenters. The molecule has 0 saturated heterocycles. The van der Waals surface area contributed by atoms with E-state index in [9.17, 15) is 0 Å². The van der Waals surface area contributed by atoms with Gasteiger partial charge in [0.15, 0.2) is 11.5 Å². The molecule has 1 aromatic carbocycles. The third-order valence-electron chi connectivity index (χ3n) is 3.64. The molecule has 0 radical (unpaired) electrons. The number of nitrogens with two attached hydrogens (primary N) is 1. The summed E-state index contributed by atoms with van der Waals surface area (Å²) in [6, 6.07) is 1.97. The summed E-state index contributed by atoms with van der Waals surface area (Å²) in [6.07, 6.45) is 2.17. The van der Waals surface area contributed by atoms with Crippen molar-refractivity contribution in [2.75, 3.05) is 20.8 Å². The van der Waals surface area contributed by atoms with E-state index in [0.717, 1.165) is 35.5 Å². The zero-order chi connectivity index (χ0) is 12.6. The molecule has 3 nitrogen and oxygen atoms in total. The molecule has 17 heavy (non-hydrogen) atoms. The van der Waals surface area contributed by atoms with Crippen LogP contribution in [-0.4, -0.2) is 20.8 Å². The molecule has 1 fully saturated rings. The predicted molar refractivity (Wildman–Crippen MR) is 69.3 cm³/mol. The Balaban J connectivity index is 2.63. The molecule has 1 aliphatic rings. The number of halogens is 1. The minimum atomic E-state index is 0.0377. The molecule has 0 atom stereocenters. The molecule has 1 aliphatic carbocycles. The monoisotopic (exact) mass is 255 g/mol. The summed E-state index contributed by atoms with van der Waals surface area (Å²) < 4.78 is 10.9. The highest BCUT2D eigenvalue weighted by Crippen LogP contribution is 2.54. The lowest BCUT2D eigenvalue weighted by molar-refractivity contribution is 0.346. The third kappa shape index (κ3) is 1.87. The van der Waals surface area contributed by atoms with Gasteiger partial charge >= 0.3 is 0 Å². The van der Waals surface area contributed by atoms with E-state index in [0.29, 0.717) is 11.6 Å². The molecule has 2 rings (SSSR count). The predicted octanol–water partition coefficient (Wildman–Crippen LogP) is 2.66. The van der Waals surface area contributed by atoms with Gasteiger partial charge in [-0.25, -0.2) is 0 Å². The van der Waals surface area contributed by atoms with Crippen LogP contribution in [0.1, 0.15) is 24.0 Å². The van der Waals surface area contributed by atoms with Gasteiger partial charge in [-0.1, -0.05) is 11.6 Å². The molecule has 0 aromatic heterocycles. The average molecular weight is 256 g/mol. The van der Waals surface area contributed by atoms with Gasteiger partial charge in [0.25, 0.3) is 0 Å². The van der Waals surface area contributed by atoms with Crippen molar-refractivity contribution in [2.24, 2.45) is 5.73 Å². The fourth-order valence-electron chi connectivity index (χ4n) is 2.28. The molecule has 4 heteroatoms. The summed E-state index contributed by atoms with van der Waals surface area (Å²) in [5.41, 5.74) is 7.89. The zero-order valence-corrected chi connectivity index (χ0v) is 11.2. The Morgan fingerprint density at radius 1 is 1.29 bits per heavy atom. The van der Waals surface area contributed by atoms with Crippen LogP contribution in [0.2, 0.25) is 5.02 Å². The number of ether oxygens (including phenoxy) is 2. The fourth-order valence-corrected chi connectivity index (χ4v) is 2.47. The van der Waals surface area contributed by atoms with Gasteiger partial charge in [0, 0.05) is 28.1 Å². The van der Waals surface area contributed by atoms with E-state index in [2.05, 4.69) is 0 Å². The molecule has 94 valence electrons. The lowest BCUT2D eigenvalue weighted by atomic mass is 9.93. The van der Waals surface area contributed by atoms with E-state index in [1.807, 2.05) is 13.0 Å². The van der Waals surface area contributed by atoms with Gasteiger partial charge in [-0.05, 0) is 25.8 Å². The Labute approximate surface area is 107 Å². The third-order valence-corrected chi connectivity index (χ3v) is 4.04. The Morgan fingerprint density at radius 2 is 1.88 bits per heavy atom. The van der Waals surface area contributed by atoms with Crippen LogP contribution in [0.15, 0.2) is 6.07 Å². The Morgan fingerprint density at radius 3 is 2.29 bits per heavy atom. The standard InChI is InChI=1S/C13H18ClNO2/c1-8-10(14)6-9(13(7-15)4-5-13)12(17-3)11(8)16-2/h6H,4-5,7,15H2,1-3H3. The van der Waals surface area contributed by atoms with Crippen molar-refractivity contribution in [3.05, 3.63) is 22.2 Å². The largest absolute Gasteiger partial charge is 0.493 e. The number of hydrogen-bond donors (Lipinski definition) is 1. The first-order chi connectivity index (χ1) is 8.09. The molecular formula is C13H18ClNO2. The second kappa shape index (κ2) is 4.39. The minimum Gasteiger partial charge on any atom is -0.493 e. The van der Waals surface area contributed by atoms with Crippen molar-refractivity contribution in [2.45, 2.75) is 25.2 Å². The van der Waals surface area contributed by atoms with Crippen molar-refractivity contribution < 1.29 is 9.47 Å². The van der Waals surface area contributed by atoms with E-state index in [1.165, 1.54) is 0 Å². The maximum Gasteiger partial charge on any atom is 0.165 e. The van der Waals surface area contributed by atoms with Crippen molar-refractivity contribution in [1.29, 1.82) is 0 Å². The molecule has 0 heterocycles. The van der Waals surface area contributed by atoms with Gasteiger partial charge in [0.05, 0.1) is 14.2 Å². The number of methoxy groups -OCH3 is 2. The van der Waals surface area contributed by atoms with Gasteiger partial charge < -0.3 is 15.2 Å². The maximum atomic E-state index is 6.24. The smallest absolute Gasteiger partial charge is 0.165 e. The highest BCUT2D eigenvalue weighted by molar-refractivity contribution is 6.31. The quantitative estimate of drug-likeness (QED) is 0.900. The highest BCUT2D eigenvalue weighted by Gasteiger charge is 2.46. The van der Waals surface area contributed by atoms with E-state index in [4.69, 9.17) is 26.8 Å². The summed E-state index contributed by atoms with van der Waals surface area (Å²) in [7, 11) is 3.29. The molecular weight excluding hydrogens is 238 g/mol. The van der Waals surface area contributed by atoms with Gasteiger partial charge in [-0.15, -0.1) is 0 Å². The van der Waals surface area contributed by atoms with Crippen LogP contribution in [0.4, 0.5) is 0 Å². The van der Waals surface area contributed by atoms with E-state index in [1.54, 1.807) is 14.2 Å². The molecule has 1 saturated carbocycles. The van der Waals surface area contributed by atoms with Gasteiger partial charge in [0.2, 0.25) is 0 Å². The first kappa shape index (κ1) is 12.5. The molecule has 0 spiro atoms. The number of rotatable bonds is 4. The first-order valence-corrected chi connectivity index (χ1v) is 6.09. The molecule has 0 bridgehead atoms. The molecule has 1 aromatic rings. The highest BCUT2D eigenvalue weighted by atomic mass is 35.5. The van der Waals surface area contributed by atoms with Crippen LogP contribution in [0.25, 0.3) is 0 Å². The summed E-state index contributed by atoms with van der Waals surface area (Å²) in [5, 5.41) is 0.706. The van der Waals surface area contributed by atoms with Crippen molar-refractivity contribution in [3.63, 3.8) is 0 Å². The lowest BCUT2D eigenvalue weighted by Crippen LogP contribution is -2.21. The zero-order valence-electron chi connectivity index (χ0n) is 10.5. The normalized spacial score (nSPS) is 16.8. The van der Waals surface area contributed by atoms with Crippen LogP contribution in [-0.2, 0) is 5.41 Å². The van der Waals surface area contributed by atoms with Gasteiger partial charge in [-0.3, -0.25) is 0 Å². The Hall–Kier alpha value is -0.930. The number of hydrogen-bond acceptors (Lipinski definition) is 3. The van der Waals surface area contributed by atoms with Crippen molar-refractivity contribution >= 4 is 11.6 Å². The maximum absolute atomic E-state index is 6.24. The fraction of sp³-hybridized carbons (Fsp3) is 0.538. The lowest BCUT2D eigenvalue weighted by Gasteiger charge is -2.21. The van der Waals surface area contributed by atoms with E-state index in [-0.39, 0.29) is 5.41 Å². The SMILES string of the molecule is COc1c(C2(CN)CC2)cc(Cl)c(C)c1OC. The average Bonchev–Trinajstić information content (AvgIpc) is 3.12. The van der Waals surface area contributed by atoms with Crippen LogP contribution in [0.3, 0.4) is 0 Å². The minimum absolute atomic E-state index is 0.0377. The summed E-state index contributed by atoms with van der Waals surface area (Å²) in [5.74, 6) is 1.49. The second-order valence-corrected chi connectivity index (χ2v) is 4.99. The topological polar surface area (TPSA) is 44.5 Å². The van der Waals surface area contributed by atoms with Crippen LogP contribution < -0.4 is 15.2 Å². The summed E-state index contributed by atoms with van der Waals surface area (Å²) >= 11 is 6.24. The first-order valence-electron chi connectivity index (χ1n) is 5.71. The second-order valence-electron chi connectivity index (χ2n) is 4.58. The summed E-state index contributed by atoms with van der Waals surface area (Å²) in [6.45, 7) is 2.54. The van der Waals surface area contributed by atoms with Crippen LogP contribution in [0.5, 0.6) is 11.5 Å². The van der Waals surface area contributed by atoms with E-state index >= 15 is 0 Å². The van der Waals surface area contributed by atoms with Crippen molar-refractivity contribution in [1.82, 2.24) is 0 Å². The van der Waals surface area contributed by atoms with Gasteiger partial charge in [-0.2, -0.15) is 0 Å². The van der Waals surface area contributed by atoms with Crippen LogP contribution in [0, 0.1) is 6.92 Å². The van der Waals surface area contributed by atoms with Crippen molar-refractivity contribution in [3.8, 4) is 11.5 Å². The molecule has 2 N–H and O–H groups in total.